The maximum absolute atomic E-state index is 12.8. The van der Waals surface area contributed by atoms with Gasteiger partial charge in [-0.05, 0) is 11.6 Å². The lowest BCUT2D eigenvalue weighted by Gasteiger charge is -2.08. The van der Waals surface area contributed by atoms with E-state index < -0.39 is 11.9 Å². The Hall–Kier alpha value is -2.40. The summed E-state index contributed by atoms with van der Waals surface area (Å²) in [6.45, 7) is 0.528. The number of aromatic amines is 2. The van der Waals surface area contributed by atoms with Crippen LogP contribution >= 0.6 is 24.0 Å². The lowest BCUT2D eigenvalue weighted by Crippen LogP contribution is -2.10. The molecule has 3 heterocycles. The maximum Gasteiger partial charge on any atom is 0.435 e. The van der Waals surface area contributed by atoms with Crippen molar-refractivity contribution in [3.05, 3.63) is 64.2 Å². The van der Waals surface area contributed by atoms with Crippen molar-refractivity contribution in [1.82, 2.24) is 24.9 Å². The van der Waals surface area contributed by atoms with Gasteiger partial charge in [0, 0.05) is 48.6 Å². The second-order valence-corrected chi connectivity index (χ2v) is 7.34. The number of nitrogens with zero attached hydrogens (tertiary/aromatic N) is 3. The standard InChI is InChI=1S/C17H17F3N6S2/c18-17(19,20)14-13(24-10-25-14)9-28-5-4-22-16-23-8-12(15(27)26-16)6-11-2-1-3-21-7-11/h1-3,7-8,10H,4-6,9H2,(H,24,25)(H2,22,23,26,27). The number of aromatic nitrogens is 5. The molecule has 0 spiro atoms. The van der Waals surface area contributed by atoms with Crippen LogP contribution in [0.25, 0.3) is 0 Å². The van der Waals surface area contributed by atoms with E-state index in [-0.39, 0.29) is 11.4 Å². The van der Waals surface area contributed by atoms with E-state index >= 15 is 0 Å². The largest absolute Gasteiger partial charge is 0.435 e. The van der Waals surface area contributed by atoms with Crippen molar-refractivity contribution in [1.29, 1.82) is 0 Å². The number of halogens is 3. The van der Waals surface area contributed by atoms with Crippen molar-refractivity contribution in [3.63, 3.8) is 0 Å². The van der Waals surface area contributed by atoms with Gasteiger partial charge in [-0.3, -0.25) is 4.98 Å². The summed E-state index contributed by atoms with van der Waals surface area (Å²) in [5.74, 6) is 1.32. The third kappa shape index (κ3) is 5.55. The van der Waals surface area contributed by atoms with Gasteiger partial charge in [0.2, 0.25) is 5.95 Å². The van der Waals surface area contributed by atoms with Gasteiger partial charge in [0.05, 0.1) is 12.0 Å². The lowest BCUT2D eigenvalue weighted by molar-refractivity contribution is -0.141. The van der Waals surface area contributed by atoms with E-state index in [1.165, 1.54) is 11.8 Å². The molecule has 0 saturated carbocycles. The molecule has 6 nitrogen and oxygen atoms in total. The summed E-state index contributed by atoms with van der Waals surface area (Å²) in [6, 6.07) is 3.83. The molecule has 0 atom stereocenters. The van der Waals surface area contributed by atoms with E-state index in [0.717, 1.165) is 17.5 Å². The highest BCUT2D eigenvalue weighted by atomic mass is 32.2. The topological polar surface area (TPSA) is 82.3 Å². The Morgan fingerprint density at radius 2 is 2.07 bits per heavy atom. The Morgan fingerprint density at radius 1 is 1.21 bits per heavy atom. The summed E-state index contributed by atoms with van der Waals surface area (Å²) in [5.41, 5.74) is 1.15. The van der Waals surface area contributed by atoms with Gasteiger partial charge in [-0.1, -0.05) is 18.3 Å². The van der Waals surface area contributed by atoms with Crippen molar-refractivity contribution in [2.24, 2.45) is 0 Å². The van der Waals surface area contributed by atoms with Crippen molar-refractivity contribution in [2.45, 2.75) is 18.3 Å². The molecule has 0 aliphatic heterocycles. The van der Waals surface area contributed by atoms with Crippen molar-refractivity contribution in [2.75, 3.05) is 17.6 Å². The minimum absolute atomic E-state index is 0.0785. The van der Waals surface area contributed by atoms with E-state index in [2.05, 4.69) is 30.2 Å². The monoisotopic (exact) mass is 426 g/mol. The van der Waals surface area contributed by atoms with E-state index in [1.54, 1.807) is 18.6 Å². The predicted octanol–water partition coefficient (Wildman–Crippen LogP) is 4.21. The number of thioether (sulfide) groups is 1. The molecule has 0 bridgehead atoms. The SMILES string of the molecule is FC(F)(F)c1nc[nH]c1CSCCNc1ncc(Cc2cccnc2)c(=S)[nH]1. The average molecular weight is 426 g/mol. The molecule has 3 aromatic rings. The van der Waals surface area contributed by atoms with Crippen LogP contribution in [0.5, 0.6) is 0 Å². The van der Waals surface area contributed by atoms with Crippen LogP contribution in [0, 0.1) is 4.64 Å². The average Bonchev–Trinajstić information content (AvgIpc) is 3.13. The smallest absolute Gasteiger partial charge is 0.355 e. The summed E-state index contributed by atoms with van der Waals surface area (Å²) in [6.07, 6.45) is 2.46. The van der Waals surface area contributed by atoms with Crippen LogP contribution < -0.4 is 5.32 Å². The molecule has 3 rings (SSSR count). The molecule has 0 aromatic carbocycles. The zero-order chi connectivity index (χ0) is 20.0. The van der Waals surface area contributed by atoms with Gasteiger partial charge < -0.3 is 15.3 Å². The van der Waals surface area contributed by atoms with Gasteiger partial charge in [0.1, 0.15) is 4.64 Å². The molecule has 148 valence electrons. The zero-order valence-electron chi connectivity index (χ0n) is 14.6. The molecule has 3 aromatic heterocycles. The van der Waals surface area contributed by atoms with Crippen LogP contribution in [0.3, 0.4) is 0 Å². The van der Waals surface area contributed by atoms with E-state index in [1.807, 2.05) is 12.1 Å². The molecule has 0 amide bonds. The van der Waals surface area contributed by atoms with Crippen LogP contribution in [-0.2, 0) is 18.3 Å². The first-order valence-electron chi connectivity index (χ1n) is 8.31. The molecular weight excluding hydrogens is 409 g/mol. The number of anilines is 1. The zero-order valence-corrected chi connectivity index (χ0v) is 16.2. The summed E-state index contributed by atoms with van der Waals surface area (Å²) in [7, 11) is 0. The lowest BCUT2D eigenvalue weighted by atomic mass is 10.1. The third-order valence-corrected chi connectivity index (χ3v) is 5.11. The highest BCUT2D eigenvalue weighted by molar-refractivity contribution is 7.98. The Balaban J connectivity index is 1.46. The predicted molar refractivity (Wildman–Crippen MR) is 105 cm³/mol. The number of imidazole rings is 1. The summed E-state index contributed by atoms with van der Waals surface area (Å²) in [4.78, 5) is 17.3. The van der Waals surface area contributed by atoms with Gasteiger partial charge in [-0.15, -0.1) is 0 Å². The highest BCUT2D eigenvalue weighted by Gasteiger charge is 2.35. The molecule has 0 radical (unpaired) electrons. The Kier molecular flexibility index (Phi) is 6.68. The van der Waals surface area contributed by atoms with E-state index in [4.69, 9.17) is 12.2 Å². The van der Waals surface area contributed by atoms with Crippen molar-refractivity contribution >= 4 is 29.9 Å². The fourth-order valence-corrected chi connectivity index (χ4v) is 3.49. The first-order valence-corrected chi connectivity index (χ1v) is 9.88. The molecule has 0 unspecified atom stereocenters. The molecule has 3 N–H and O–H groups in total. The Labute approximate surface area is 168 Å². The maximum atomic E-state index is 12.8. The minimum atomic E-state index is -4.44. The number of H-pyrrole nitrogens is 2. The highest BCUT2D eigenvalue weighted by Crippen LogP contribution is 2.31. The van der Waals surface area contributed by atoms with Crippen LogP contribution in [0.1, 0.15) is 22.5 Å². The summed E-state index contributed by atoms with van der Waals surface area (Å²) in [5, 5.41) is 3.09. The molecule has 11 heteroatoms. The number of hydrogen-bond acceptors (Lipinski definition) is 6. The first kappa shape index (κ1) is 20.3. The van der Waals surface area contributed by atoms with E-state index in [0.29, 0.717) is 29.3 Å². The van der Waals surface area contributed by atoms with Crippen LogP contribution in [0.15, 0.2) is 37.1 Å². The van der Waals surface area contributed by atoms with Crippen LogP contribution in [0.4, 0.5) is 19.1 Å². The molecule has 0 fully saturated rings. The quantitative estimate of drug-likeness (QED) is 0.370. The number of nitrogens with one attached hydrogen (secondary N) is 3. The number of pyridine rings is 1. The number of alkyl halides is 3. The molecule has 0 saturated heterocycles. The summed E-state index contributed by atoms with van der Waals surface area (Å²) >= 11 is 6.73. The van der Waals surface area contributed by atoms with Gasteiger partial charge in [0.25, 0.3) is 0 Å². The first-order chi connectivity index (χ1) is 13.4. The van der Waals surface area contributed by atoms with Crippen LogP contribution in [0.2, 0.25) is 0 Å². The van der Waals surface area contributed by atoms with Crippen molar-refractivity contribution in [3.8, 4) is 0 Å². The van der Waals surface area contributed by atoms with Gasteiger partial charge >= 0.3 is 6.18 Å². The second kappa shape index (κ2) is 9.20. The fourth-order valence-electron chi connectivity index (χ4n) is 2.45. The minimum Gasteiger partial charge on any atom is -0.355 e. The normalized spacial score (nSPS) is 11.5. The Bertz CT molecular complexity index is 955. The number of hydrogen-bond donors (Lipinski definition) is 3. The fraction of sp³-hybridized carbons (Fsp3) is 0.294. The van der Waals surface area contributed by atoms with Gasteiger partial charge in [-0.2, -0.15) is 24.9 Å². The molecular formula is C17H17F3N6S2. The van der Waals surface area contributed by atoms with E-state index in [9.17, 15) is 13.2 Å². The molecule has 28 heavy (non-hydrogen) atoms. The molecule has 0 aliphatic rings. The van der Waals surface area contributed by atoms with Gasteiger partial charge in [0.15, 0.2) is 5.69 Å². The third-order valence-electron chi connectivity index (χ3n) is 3.76. The number of rotatable bonds is 8. The van der Waals surface area contributed by atoms with Gasteiger partial charge in [-0.25, -0.2) is 9.97 Å². The Morgan fingerprint density at radius 3 is 2.79 bits per heavy atom. The summed E-state index contributed by atoms with van der Waals surface area (Å²) < 4.78 is 38.9. The van der Waals surface area contributed by atoms with Crippen molar-refractivity contribution < 1.29 is 13.2 Å². The van der Waals surface area contributed by atoms with Crippen LogP contribution in [-0.4, -0.2) is 37.2 Å². The second-order valence-electron chi connectivity index (χ2n) is 5.83. The molecule has 0 aliphatic carbocycles.